The zero-order chi connectivity index (χ0) is 14.4. The lowest BCUT2D eigenvalue weighted by Gasteiger charge is -2.22. The van der Waals surface area contributed by atoms with Gasteiger partial charge >= 0.3 is 0 Å². The van der Waals surface area contributed by atoms with Crippen molar-refractivity contribution in [2.45, 2.75) is 27.2 Å². The number of hydrogen-bond acceptors (Lipinski definition) is 2. The number of imide groups is 1. The normalized spacial score (nSPS) is 28.9. The number of carbonyl (C=O) groups excluding carboxylic acids is 2. The van der Waals surface area contributed by atoms with E-state index in [0.29, 0.717) is 6.42 Å². The molecule has 1 aliphatic heterocycles. The van der Waals surface area contributed by atoms with Crippen molar-refractivity contribution >= 4 is 17.5 Å². The summed E-state index contributed by atoms with van der Waals surface area (Å²) >= 11 is 0. The van der Waals surface area contributed by atoms with Crippen LogP contribution in [0.5, 0.6) is 0 Å². The van der Waals surface area contributed by atoms with Crippen LogP contribution in [0.15, 0.2) is 30.4 Å². The maximum atomic E-state index is 12.7. The van der Waals surface area contributed by atoms with E-state index >= 15 is 0 Å². The lowest BCUT2D eigenvalue weighted by molar-refractivity contribution is -0.122. The standard InChI is InChI=1S/C17H19NO2/c1-10-7-8-11(2)14(9-10)18-16(19)13-6-4-5-12(3)15(13)17(18)20/h4-5,7-9,12-13,15H,6H2,1-3H3/t12-,13-,15-/m1/s1. The molecule has 3 rings (SSSR count). The molecule has 2 aliphatic rings. The van der Waals surface area contributed by atoms with Crippen molar-refractivity contribution in [2.24, 2.45) is 17.8 Å². The van der Waals surface area contributed by atoms with Gasteiger partial charge in [-0.1, -0.05) is 31.2 Å². The van der Waals surface area contributed by atoms with E-state index in [9.17, 15) is 9.59 Å². The quantitative estimate of drug-likeness (QED) is 0.580. The molecule has 0 saturated carbocycles. The largest absolute Gasteiger partial charge is 0.274 e. The fourth-order valence-corrected chi connectivity index (χ4v) is 3.35. The number of nitrogens with zero attached hydrogens (tertiary/aromatic N) is 1. The Balaban J connectivity index is 2.06. The van der Waals surface area contributed by atoms with E-state index in [2.05, 4.69) is 6.08 Å². The summed E-state index contributed by atoms with van der Waals surface area (Å²) in [5.74, 6) is -0.300. The lowest BCUT2D eigenvalue weighted by atomic mass is 9.78. The second kappa shape index (κ2) is 4.58. The molecule has 3 atom stereocenters. The third-order valence-corrected chi connectivity index (χ3v) is 4.48. The minimum Gasteiger partial charge on any atom is -0.274 e. The summed E-state index contributed by atoms with van der Waals surface area (Å²) in [5.41, 5.74) is 2.78. The second-order valence-corrected chi connectivity index (χ2v) is 5.96. The summed E-state index contributed by atoms with van der Waals surface area (Å²) in [7, 11) is 0. The SMILES string of the molecule is Cc1ccc(C)c(N2C(=O)[C@@H]3[C@H](C)C=CC[C@H]3C2=O)c1. The van der Waals surface area contributed by atoms with Crippen LogP contribution in [0.2, 0.25) is 0 Å². The maximum absolute atomic E-state index is 12.7. The van der Waals surface area contributed by atoms with Gasteiger partial charge in [0.25, 0.3) is 0 Å². The molecule has 2 amide bonds. The Bertz CT molecular complexity index is 617. The molecule has 1 aromatic carbocycles. The lowest BCUT2D eigenvalue weighted by Crippen LogP contribution is -2.32. The van der Waals surface area contributed by atoms with Crippen LogP contribution in [0.1, 0.15) is 24.5 Å². The van der Waals surface area contributed by atoms with Gasteiger partial charge in [0.05, 0.1) is 17.5 Å². The van der Waals surface area contributed by atoms with Gasteiger partial charge in [0.15, 0.2) is 0 Å². The average Bonchev–Trinajstić information content (AvgIpc) is 2.66. The fourth-order valence-electron chi connectivity index (χ4n) is 3.35. The molecule has 0 unspecified atom stereocenters. The number of rotatable bonds is 1. The summed E-state index contributed by atoms with van der Waals surface area (Å²) in [4.78, 5) is 26.7. The van der Waals surface area contributed by atoms with Crippen LogP contribution < -0.4 is 4.90 Å². The van der Waals surface area contributed by atoms with Gasteiger partial charge < -0.3 is 0 Å². The van der Waals surface area contributed by atoms with Crippen LogP contribution in [0.3, 0.4) is 0 Å². The predicted molar refractivity (Wildman–Crippen MR) is 78.3 cm³/mol. The minimum atomic E-state index is -0.188. The van der Waals surface area contributed by atoms with Crippen molar-refractivity contribution in [2.75, 3.05) is 4.90 Å². The summed E-state index contributed by atoms with van der Waals surface area (Å²) < 4.78 is 0. The number of benzene rings is 1. The molecule has 20 heavy (non-hydrogen) atoms. The molecule has 0 bridgehead atoms. The van der Waals surface area contributed by atoms with E-state index in [0.717, 1.165) is 16.8 Å². The molecule has 104 valence electrons. The van der Waals surface area contributed by atoms with Crippen LogP contribution in [0.4, 0.5) is 5.69 Å². The molecule has 0 spiro atoms. The van der Waals surface area contributed by atoms with Crippen LogP contribution in [-0.4, -0.2) is 11.8 Å². The molecule has 1 fully saturated rings. The molecular formula is C17H19NO2. The number of anilines is 1. The first-order valence-corrected chi connectivity index (χ1v) is 7.12. The van der Waals surface area contributed by atoms with Crippen molar-refractivity contribution in [1.82, 2.24) is 0 Å². The zero-order valence-electron chi connectivity index (χ0n) is 12.1. The topological polar surface area (TPSA) is 37.4 Å². The Morgan fingerprint density at radius 3 is 2.60 bits per heavy atom. The van der Waals surface area contributed by atoms with Crippen LogP contribution >= 0.6 is 0 Å². The first-order chi connectivity index (χ1) is 9.50. The van der Waals surface area contributed by atoms with E-state index in [1.54, 1.807) is 0 Å². The van der Waals surface area contributed by atoms with Gasteiger partial charge in [0.2, 0.25) is 11.8 Å². The molecule has 1 saturated heterocycles. The van der Waals surface area contributed by atoms with Crippen molar-refractivity contribution in [3.8, 4) is 0 Å². The highest BCUT2D eigenvalue weighted by molar-refractivity contribution is 6.22. The Kier molecular flexibility index (Phi) is 3.00. The Hall–Kier alpha value is -1.90. The zero-order valence-corrected chi connectivity index (χ0v) is 12.1. The molecule has 0 aromatic heterocycles. The first-order valence-electron chi connectivity index (χ1n) is 7.12. The number of carbonyl (C=O) groups is 2. The number of aryl methyl sites for hydroxylation is 2. The van der Waals surface area contributed by atoms with Gasteiger partial charge in [-0.25, -0.2) is 4.90 Å². The van der Waals surface area contributed by atoms with Gasteiger partial charge in [-0.3, -0.25) is 9.59 Å². The van der Waals surface area contributed by atoms with Crippen LogP contribution in [0, 0.1) is 31.6 Å². The Morgan fingerprint density at radius 1 is 1.15 bits per heavy atom. The van der Waals surface area contributed by atoms with Crippen molar-refractivity contribution < 1.29 is 9.59 Å². The molecule has 0 N–H and O–H groups in total. The molecule has 1 aromatic rings. The van der Waals surface area contributed by atoms with Gasteiger partial charge in [0.1, 0.15) is 0 Å². The fraction of sp³-hybridized carbons (Fsp3) is 0.412. The summed E-state index contributed by atoms with van der Waals surface area (Å²) in [6, 6.07) is 5.90. The van der Waals surface area contributed by atoms with Crippen LogP contribution in [-0.2, 0) is 9.59 Å². The molecule has 1 aliphatic carbocycles. The van der Waals surface area contributed by atoms with E-state index in [-0.39, 0.29) is 29.6 Å². The summed E-state index contributed by atoms with van der Waals surface area (Å²) in [5, 5.41) is 0. The predicted octanol–water partition coefficient (Wildman–Crippen LogP) is 3.01. The summed E-state index contributed by atoms with van der Waals surface area (Å²) in [6.07, 6.45) is 4.77. The molecular weight excluding hydrogens is 250 g/mol. The van der Waals surface area contributed by atoms with Gasteiger partial charge in [-0.15, -0.1) is 0 Å². The third kappa shape index (κ3) is 1.80. The highest BCUT2D eigenvalue weighted by Crippen LogP contribution is 2.41. The maximum Gasteiger partial charge on any atom is 0.238 e. The molecule has 1 heterocycles. The van der Waals surface area contributed by atoms with Gasteiger partial charge in [0, 0.05) is 0 Å². The van der Waals surface area contributed by atoms with E-state index in [1.165, 1.54) is 4.90 Å². The molecule has 3 heteroatoms. The Labute approximate surface area is 119 Å². The van der Waals surface area contributed by atoms with Gasteiger partial charge in [-0.05, 0) is 43.4 Å². The highest BCUT2D eigenvalue weighted by Gasteiger charge is 2.50. The van der Waals surface area contributed by atoms with Crippen molar-refractivity contribution in [1.29, 1.82) is 0 Å². The molecule has 3 nitrogen and oxygen atoms in total. The van der Waals surface area contributed by atoms with Crippen molar-refractivity contribution in [3.63, 3.8) is 0 Å². The number of fused-ring (bicyclic) bond motifs is 1. The van der Waals surface area contributed by atoms with E-state index in [4.69, 9.17) is 0 Å². The smallest absolute Gasteiger partial charge is 0.238 e. The summed E-state index contributed by atoms with van der Waals surface area (Å²) in [6.45, 7) is 5.94. The number of amides is 2. The van der Waals surface area contributed by atoms with Gasteiger partial charge in [-0.2, -0.15) is 0 Å². The Morgan fingerprint density at radius 2 is 1.90 bits per heavy atom. The first kappa shape index (κ1) is 13.1. The van der Waals surface area contributed by atoms with E-state index in [1.807, 2.05) is 45.0 Å². The van der Waals surface area contributed by atoms with Crippen molar-refractivity contribution in [3.05, 3.63) is 41.5 Å². The van der Waals surface area contributed by atoms with E-state index < -0.39 is 0 Å². The monoisotopic (exact) mass is 269 g/mol. The highest BCUT2D eigenvalue weighted by atomic mass is 16.2. The number of allylic oxidation sites excluding steroid dienone is 2. The second-order valence-electron chi connectivity index (χ2n) is 5.96. The third-order valence-electron chi connectivity index (χ3n) is 4.48. The molecule has 0 radical (unpaired) electrons. The minimum absolute atomic E-state index is 0.0365. The van der Waals surface area contributed by atoms with Crippen LogP contribution in [0.25, 0.3) is 0 Å². The average molecular weight is 269 g/mol. The number of hydrogen-bond donors (Lipinski definition) is 0.